The molecule has 0 aromatic carbocycles. The molecule has 2 unspecified atom stereocenters. The maximum absolute atomic E-state index is 2.54. The summed E-state index contributed by atoms with van der Waals surface area (Å²) in [5.74, 6) is 0.940. The summed E-state index contributed by atoms with van der Waals surface area (Å²) in [6.45, 7) is 7.39. The highest BCUT2D eigenvalue weighted by atomic mass is 14.3. The third kappa shape index (κ3) is 4.17. The molecule has 90 valence electrons. The summed E-state index contributed by atoms with van der Waals surface area (Å²) in [6.07, 6.45) is 14.6. The van der Waals surface area contributed by atoms with Gasteiger partial charge in [0.25, 0.3) is 0 Å². The molecule has 0 heteroatoms. The molecule has 0 spiro atoms. The van der Waals surface area contributed by atoms with Gasteiger partial charge in [-0.05, 0) is 24.2 Å². The number of hydrogen-bond acceptors (Lipinski definition) is 0. The summed E-state index contributed by atoms with van der Waals surface area (Å²) in [5.41, 5.74) is 0.645. The summed E-state index contributed by atoms with van der Waals surface area (Å²) in [5, 5.41) is 0. The van der Waals surface area contributed by atoms with Gasteiger partial charge in [0.1, 0.15) is 0 Å². The fraction of sp³-hybridized carbons (Fsp3) is 1.00. The molecule has 0 aromatic rings. The van der Waals surface area contributed by atoms with E-state index in [0.717, 1.165) is 5.92 Å². The van der Waals surface area contributed by atoms with Crippen molar-refractivity contribution >= 4 is 0 Å². The van der Waals surface area contributed by atoms with Crippen molar-refractivity contribution in [3.05, 3.63) is 0 Å². The van der Waals surface area contributed by atoms with Crippen LogP contribution in [0.2, 0.25) is 0 Å². The summed E-state index contributed by atoms with van der Waals surface area (Å²) in [4.78, 5) is 0. The summed E-state index contributed by atoms with van der Waals surface area (Å²) in [6, 6.07) is 0. The van der Waals surface area contributed by atoms with E-state index < -0.39 is 0 Å². The van der Waals surface area contributed by atoms with Crippen molar-refractivity contribution in [1.29, 1.82) is 0 Å². The standard InChI is InChI=1S/C15H30/c1-4-12-15(3)13-10-8-6-5-7-9-11-14(15)2/h14H,4-13H2,1-3H3. The van der Waals surface area contributed by atoms with E-state index in [1.54, 1.807) is 0 Å². The normalized spacial score (nSPS) is 35.0. The lowest BCUT2D eigenvalue weighted by molar-refractivity contribution is 0.144. The van der Waals surface area contributed by atoms with Crippen molar-refractivity contribution in [2.45, 2.75) is 85.0 Å². The Kier molecular flexibility index (Phi) is 5.71. The van der Waals surface area contributed by atoms with E-state index in [2.05, 4.69) is 20.8 Å². The van der Waals surface area contributed by atoms with Crippen molar-refractivity contribution in [3.8, 4) is 0 Å². The molecule has 2 atom stereocenters. The van der Waals surface area contributed by atoms with Gasteiger partial charge < -0.3 is 0 Å². The summed E-state index contributed by atoms with van der Waals surface area (Å²) >= 11 is 0. The first-order valence-corrected chi connectivity index (χ1v) is 7.19. The zero-order valence-electron chi connectivity index (χ0n) is 11.1. The Balaban J connectivity index is 2.53. The molecule has 0 heterocycles. The SMILES string of the molecule is CCCC1(C)CCCCCCCCC1C. The van der Waals surface area contributed by atoms with Crippen LogP contribution < -0.4 is 0 Å². The number of rotatable bonds is 2. The molecular formula is C15H30. The molecule has 0 nitrogen and oxygen atoms in total. The topological polar surface area (TPSA) is 0 Å². The van der Waals surface area contributed by atoms with Gasteiger partial charge in [-0.2, -0.15) is 0 Å². The maximum atomic E-state index is 2.54. The van der Waals surface area contributed by atoms with Crippen LogP contribution in [-0.2, 0) is 0 Å². The molecule has 0 radical (unpaired) electrons. The first-order valence-electron chi connectivity index (χ1n) is 7.19. The van der Waals surface area contributed by atoms with Gasteiger partial charge in [-0.1, -0.05) is 72.1 Å². The molecule has 0 saturated heterocycles. The van der Waals surface area contributed by atoms with Crippen LogP contribution in [0.1, 0.15) is 85.0 Å². The molecule has 0 amide bonds. The molecule has 0 aromatic heterocycles. The summed E-state index contributed by atoms with van der Waals surface area (Å²) < 4.78 is 0. The average molecular weight is 210 g/mol. The van der Waals surface area contributed by atoms with Gasteiger partial charge in [0, 0.05) is 0 Å². The predicted octanol–water partition coefficient (Wildman–Crippen LogP) is 5.56. The van der Waals surface area contributed by atoms with Crippen LogP contribution >= 0.6 is 0 Å². The van der Waals surface area contributed by atoms with E-state index in [9.17, 15) is 0 Å². The van der Waals surface area contributed by atoms with Crippen molar-refractivity contribution in [2.75, 3.05) is 0 Å². The predicted molar refractivity (Wildman–Crippen MR) is 69.1 cm³/mol. The van der Waals surface area contributed by atoms with Gasteiger partial charge >= 0.3 is 0 Å². The first-order chi connectivity index (χ1) is 7.19. The van der Waals surface area contributed by atoms with Crippen molar-refractivity contribution in [3.63, 3.8) is 0 Å². The first kappa shape index (κ1) is 13.1. The van der Waals surface area contributed by atoms with Gasteiger partial charge in [0.2, 0.25) is 0 Å². The zero-order chi connectivity index (χ0) is 11.1. The third-order valence-corrected chi connectivity index (χ3v) is 4.65. The van der Waals surface area contributed by atoms with Gasteiger partial charge in [-0.15, -0.1) is 0 Å². The molecule has 1 rings (SSSR count). The van der Waals surface area contributed by atoms with Crippen molar-refractivity contribution < 1.29 is 0 Å². The quantitative estimate of drug-likeness (QED) is 0.559. The Morgan fingerprint density at radius 1 is 1.00 bits per heavy atom. The highest BCUT2D eigenvalue weighted by Gasteiger charge is 2.29. The monoisotopic (exact) mass is 210 g/mol. The molecule has 15 heavy (non-hydrogen) atoms. The Labute approximate surface area is 96.8 Å². The fourth-order valence-corrected chi connectivity index (χ4v) is 3.22. The van der Waals surface area contributed by atoms with Gasteiger partial charge in [0.15, 0.2) is 0 Å². The average Bonchev–Trinajstić information content (AvgIpc) is 2.21. The molecule has 1 aliphatic carbocycles. The zero-order valence-corrected chi connectivity index (χ0v) is 11.1. The third-order valence-electron chi connectivity index (χ3n) is 4.65. The van der Waals surface area contributed by atoms with Crippen LogP contribution in [0.5, 0.6) is 0 Å². The van der Waals surface area contributed by atoms with Crippen molar-refractivity contribution in [1.82, 2.24) is 0 Å². The molecule has 1 aliphatic rings. The lowest BCUT2D eigenvalue weighted by Crippen LogP contribution is -2.25. The molecular weight excluding hydrogens is 180 g/mol. The van der Waals surface area contributed by atoms with Crippen LogP contribution in [0.25, 0.3) is 0 Å². The molecule has 0 bridgehead atoms. The second kappa shape index (κ2) is 6.55. The minimum atomic E-state index is 0.645. The van der Waals surface area contributed by atoms with Gasteiger partial charge in [0.05, 0.1) is 0 Å². The Morgan fingerprint density at radius 3 is 2.27 bits per heavy atom. The van der Waals surface area contributed by atoms with Crippen LogP contribution in [0.15, 0.2) is 0 Å². The molecule has 1 saturated carbocycles. The Hall–Kier alpha value is 0. The van der Waals surface area contributed by atoms with Crippen LogP contribution in [0, 0.1) is 11.3 Å². The fourth-order valence-electron chi connectivity index (χ4n) is 3.22. The van der Waals surface area contributed by atoms with E-state index in [1.165, 1.54) is 64.2 Å². The second-order valence-corrected chi connectivity index (χ2v) is 5.97. The van der Waals surface area contributed by atoms with Crippen LogP contribution in [0.3, 0.4) is 0 Å². The summed E-state index contributed by atoms with van der Waals surface area (Å²) in [7, 11) is 0. The minimum Gasteiger partial charge on any atom is -0.0654 e. The number of hydrogen-bond donors (Lipinski definition) is 0. The van der Waals surface area contributed by atoms with E-state index in [0.29, 0.717) is 5.41 Å². The van der Waals surface area contributed by atoms with Crippen molar-refractivity contribution in [2.24, 2.45) is 11.3 Å². The van der Waals surface area contributed by atoms with Crippen LogP contribution in [-0.4, -0.2) is 0 Å². The highest BCUT2D eigenvalue weighted by molar-refractivity contribution is 4.80. The Bertz CT molecular complexity index is 161. The largest absolute Gasteiger partial charge is 0.0654 e. The van der Waals surface area contributed by atoms with Crippen LogP contribution in [0.4, 0.5) is 0 Å². The second-order valence-electron chi connectivity index (χ2n) is 5.97. The maximum Gasteiger partial charge on any atom is -0.0300 e. The lowest BCUT2D eigenvalue weighted by atomic mass is 9.69. The lowest BCUT2D eigenvalue weighted by Gasteiger charge is -2.37. The van der Waals surface area contributed by atoms with E-state index in [4.69, 9.17) is 0 Å². The molecule has 0 aliphatic heterocycles. The Morgan fingerprint density at radius 2 is 1.60 bits per heavy atom. The van der Waals surface area contributed by atoms with Gasteiger partial charge in [-0.25, -0.2) is 0 Å². The minimum absolute atomic E-state index is 0.645. The highest BCUT2D eigenvalue weighted by Crippen LogP contribution is 2.41. The van der Waals surface area contributed by atoms with E-state index >= 15 is 0 Å². The van der Waals surface area contributed by atoms with Gasteiger partial charge in [-0.3, -0.25) is 0 Å². The van der Waals surface area contributed by atoms with E-state index in [-0.39, 0.29) is 0 Å². The molecule has 0 N–H and O–H groups in total. The van der Waals surface area contributed by atoms with E-state index in [1.807, 2.05) is 0 Å². The smallest absolute Gasteiger partial charge is 0.0300 e. The molecule has 1 fully saturated rings.